The highest BCUT2D eigenvalue weighted by atomic mass is 32.1. The van der Waals surface area contributed by atoms with Crippen molar-refractivity contribution in [2.45, 2.75) is 26.8 Å². The molecule has 0 aliphatic heterocycles. The van der Waals surface area contributed by atoms with Crippen molar-refractivity contribution in [1.82, 2.24) is 5.32 Å². The van der Waals surface area contributed by atoms with Gasteiger partial charge in [0, 0.05) is 12.6 Å². The quantitative estimate of drug-likeness (QED) is 0.753. The summed E-state index contributed by atoms with van der Waals surface area (Å²) in [6.07, 6.45) is 0. The van der Waals surface area contributed by atoms with E-state index in [9.17, 15) is 4.79 Å². The smallest absolute Gasteiger partial charge is 0.263 e. The molecule has 0 aliphatic rings. The van der Waals surface area contributed by atoms with Crippen molar-refractivity contribution >= 4 is 27.9 Å². The number of amides is 1. The fourth-order valence-corrected chi connectivity index (χ4v) is 2.55. The van der Waals surface area contributed by atoms with E-state index < -0.39 is 0 Å². The molecule has 1 aromatic heterocycles. The number of rotatable bonds is 5. The largest absolute Gasteiger partial charge is 0.492 e. The second-order valence-corrected chi connectivity index (χ2v) is 4.89. The SMILES string of the molecule is CCNC(=O)c1sc(NC(C)C)c(OC)c1N. The number of hydrogen-bond acceptors (Lipinski definition) is 5. The number of nitrogen functional groups attached to an aromatic ring is 1. The van der Waals surface area contributed by atoms with Crippen molar-refractivity contribution in [2.75, 3.05) is 24.7 Å². The predicted molar refractivity (Wildman–Crippen MR) is 72.0 cm³/mol. The second-order valence-electron chi connectivity index (χ2n) is 3.87. The molecule has 0 saturated carbocycles. The Hall–Kier alpha value is -1.43. The summed E-state index contributed by atoms with van der Waals surface area (Å²) in [5.74, 6) is 0.384. The summed E-state index contributed by atoms with van der Waals surface area (Å²) >= 11 is 1.31. The lowest BCUT2D eigenvalue weighted by molar-refractivity contribution is 0.0960. The molecule has 17 heavy (non-hydrogen) atoms. The maximum atomic E-state index is 11.8. The van der Waals surface area contributed by atoms with Crippen LogP contribution >= 0.6 is 11.3 Å². The summed E-state index contributed by atoms with van der Waals surface area (Å²) in [4.78, 5) is 12.3. The molecule has 1 amide bonds. The van der Waals surface area contributed by atoms with Crippen LogP contribution in [0.1, 0.15) is 30.4 Å². The highest BCUT2D eigenvalue weighted by Gasteiger charge is 2.21. The lowest BCUT2D eigenvalue weighted by Crippen LogP contribution is -2.22. The zero-order valence-electron chi connectivity index (χ0n) is 10.6. The van der Waals surface area contributed by atoms with Gasteiger partial charge >= 0.3 is 0 Å². The highest BCUT2D eigenvalue weighted by Crippen LogP contribution is 2.42. The fraction of sp³-hybridized carbons (Fsp3) is 0.545. The van der Waals surface area contributed by atoms with E-state index in [0.717, 1.165) is 5.00 Å². The first-order chi connectivity index (χ1) is 8.01. The van der Waals surface area contributed by atoms with Gasteiger partial charge in [-0.2, -0.15) is 0 Å². The van der Waals surface area contributed by atoms with Gasteiger partial charge in [0.05, 0.1) is 7.11 Å². The van der Waals surface area contributed by atoms with Gasteiger partial charge in [-0.3, -0.25) is 4.79 Å². The van der Waals surface area contributed by atoms with E-state index in [2.05, 4.69) is 10.6 Å². The Morgan fingerprint density at radius 2 is 2.18 bits per heavy atom. The molecular formula is C11H19N3O2S. The average Bonchev–Trinajstić information content (AvgIpc) is 2.54. The van der Waals surface area contributed by atoms with Crippen LogP contribution in [-0.4, -0.2) is 25.6 Å². The van der Waals surface area contributed by atoms with Crippen LogP contribution in [0.25, 0.3) is 0 Å². The van der Waals surface area contributed by atoms with E-state index in [1.54, 1.807) is 7.11 Å². The average molecular weight is 257 g/mol. The summed E-state index contributed by atoms with van der Waals surface area (Å²) in [7, 11) is 1.55. The van der Waals surface area contributed by atoms with Gasteiger partial charge in [-0.25, -0.2) is 0 Å². The molecule has 1 aromatic rings. The van der Waals surface area contributed by atoms with Crippen molar-refractivity contribution in [3.8, 4) is 5.75 Å². The second kappa shape index (κ2) is 5.77. The minimum atomic E-state index is -0.162. The number of carbonyl (C=O) groups excluding carboxylic acids is 1. The molecule has 6 heteroatoms. The Morgan fingerprint density at radius 3 is 2.65 bits per heavy atom. The lowest BCUT2D eigenvalue weighted by Gasteiger charge is -2.09. The van der Waals surface area contributed by atoms with Crippen LogP contribution in [0.15, 0.2) is 0 Å². The zero-order chi connectivity index (χ0) is 13.0. The Balaban J connectivity index is 3.08. The first-order valence-corrected chi connectivity index (χ1v) is 6.33. The van der Waals surface area contributed by atoms with E-state index in [1.807, 2.05) is 20.8 Å². The van der Waals surface area contributed by atoms with E-state index >= 15 is 0 Å². The summed E-state index contributed by atoms with van der Waals surface area (Å²) in [5, 5.41) is 6.74. The van der Waals surface area contributed by atoms with Gasteiger partial charge in [-0.05, 0) is 20.8 Å². The zero-order valence-corrected chi connectivity index (χ0v) is 11.4. The Bertz CT molecular complexity index is 402. The van der Waals surface area contributed by atoms with Gasteiger partial charge in [0.25, 0.3) is 5.91 Å². The van der Waals surface area contributed by atoms with Crippen LogP contribution in [0, 0.1) is 0 Å². The van der Waals surface area contributed by atoms with Crippen LogP contribution in [0.3, 0.4) is 0 Å². The van der Waals surface area contributed by atoms with Crippen molar-refractivity contribution < 1.29 is 9.53 Å². The van der Waals surface area contributed by atoms with E-state index in [0.29, 0.717) is 22.9 Å². The molecule has 0 radical (unpaired) electrons. The number of nitrogens with two attached hydrogens (primary N) is 1. The number of thiophene rings is 1. The Labute approximate surface area is 105 Å². The minimum absolute atomic E-state index is 0.162. The Kier molecular flexibility index (Phi) is 4.62. The third-order valence-electron chi connectivity index (χ3n) is 2.07. The molecule has 0 saturated heterocycles. The van der Waals surface area contributed by atoms with Crippen molar-refractivity contribution in [3.63, 3.8) is 0 Å². The standard InChI is InChI=1S/C11H19N3O2S/c1-5-13-10(15)9-7(12)8(16-4)11(17-9)14-6(2)3/h6,14H,5,12H2,1-4H3,(H,13,15). The molecule has 0 bridgehead atoms. The van der Waals surface area contributed by atoms with Crippen molar-refractivity contribution in [1.29, 1.82) is 0 Å². The number of carbonyl (C=O) groups is 1. The predicted octanol–water partition coefficient (Wildman–Crippen LogP) is 1.91. The summed E-state index contributed by atoms with van der Waals surface area (Å²) in [6, 6.07) is 0.254. The number of ether oxygens (including phenoxy) is 1. The number of anilines is 2. The molecular weight excluding hydrogens is 238 g/mol. The molecule has 0 aromatic carbocycles. The van der Waals surface area contributed by atoms with E-state index in [4.69, 9.17) is 10.5 Å². The van der Waals surface area contributed by atoms with E-state index in [-0.39, 0.29) is 11.9 Å². The van der Waals surface area contributed by atoms with Crippen LogP contribution in [0.5, 0.6) is 5.75 Å². The molecule has 5 nitrogen and oxygen atoms in total. The number of nitrogens with one attached hydrogen (secondary N) is 2. The molecule has 96 valence electrons. The molecule has 4 N–H and O–H groups in total. The van der Waals surface area contributed by atoms with Crippen LogP contribution in [-0.2, 0) is 0 Å². The van der Waals surface area contributed by atoms with Gasteiger partial charge in [0.1, 0.15) is 15.6 Å². The summed E-state index contributed by atoms with van der Waals surface area (Å²) in [5.41, 5.74) is 6.30. The number of hydrogen-bond donors (Lipinski definition) is 3. The van der Waals surface area contributed by atoms with Crippen molar-refractivity contribution in [2.24, 2.45) is 0 Å². The maximum absolute atomic E-state index is 11.8. The molecule has 0 fully saturated rings. The third-order valence-corrected chi connectivity index (χ3v) is 3.18. The minimum Gasteiger partial charge on any atom is -0.492 e. The van der Waals surface area contributed by atoms with Crippen LogP contribution < -0.4 is 21.1 Å². The topological polar surface area (TPSA) is 76.4 Å². The molecule has 0 aliphatic carbocycles. The third kappa shape index (κ3) is 3.03. The maximum Gasteiger partial charge on any atom is 0.263 e. The fourth-order valence-electron chi connectivity index (χ4n) is 1.40. The molecule has 0 spiro atoms. The first kappa shape index (κ1) is 13.6. The normalized spacial score (nSPS) is 10.4. The Morgan fingerprint density at radius 1 is 1.53 bits per heavy atom. The summed E-state index contributed by atoms with van der Waals surface area (Å²) in [6.45, 7) is 6.47. The first-order valence-electron chi connectivity index (χ1n) is 5.52. The molecule has 1 heterocycles. The monoisotopic (exact) mass is 257 g/mol. The van der Waals surface area contributed by atoms with Crippen molar-refractivity contribution in [3.05, 3.63) is 4.88 Å². The van der Waals surface area contributed by atoms with Gasteiger partial charge in [0.15, 0.2) is 5.75 Å². The number of methoxy groups -OCH3 is 1. The van der Waals surface area contributed by atoms with Crippen LogP contribution in [0.4, 0.5) is 10.7 Å². The van der Waals surface area contributed by atoms with Gasteiger partial charge in [-0.15, -0.1) is 11.3 Å². The van der Waals surface area contributed by atoms with Gasteiger partial charge in [-0.1, -0.05) is 0 Å². The lowest BCUT2D eigenvalue weighted by atomic mass is 10.3. The van der Waals surface area contributed by atoms with Crippen LogP contribution in [0.2, 0.25) is 0 Å². The van der Waals surface area contributed by atoms with Gasteiger partial charge in [0.2, 0.25) is 0 Å². The molecule has 0 unspecified atom stereocenters. The van der Waals surface area contributed by atoms with Gasteiger partial charge < -0.3 is 21.1 Å². The van der Waals surface area contributed by atoms with E-state index in [1.165, 1.54) is 11.3 Å². The molecule has 0 atom stereocenters. The molecule has 1 rings (SSSR count). The summed E-state index contributed by atoms with van der Waals surface area (Å²) < 4.78 is 5.23. The highest BCUT2D eigenvalue weighted by molar-refractivity contribution is 7.19.